The smallest absolute Gasteiger partial charge is 0.191 e. The van der Waals surface area contributed by atoms with Crippen molar-refractivity contribution in [3.05, 3.63) is 71.0 Å². The third-order valence-electron chi connectivity index (χ3n) is 4.14. The summed E-state index contributed by atoms with van der Waals surface area (Å²) in [5.41, 5.74) is 2.32. The number of guanidine groups is 1. The molecule has 0 unspecified atom stereocenters. The maximum Gasteiger partial charge on any atom is 0.191 e. The number of hydrogen-bond donors (Lipinski definition) is 2. The van der Waals surface area contributed by atoms with Gasteiger partial charge in [-0.3, -0.25) is 0 Å². The number of rotatable bonds is 9. The van der Waals surface area contributed by atoms with Crippen molar-refractivity contribution in [2.45, 2.75) is 32.6 Å². The molecule has 7 heteroatoms. The molecule has 0 spiro atoms. The Morgan fingerprint density at radius 3 is 2.50 bits per heavy atom. The van der Waals surface area contributed by atoms with Crippen LogP contribution in [0.5, 0.6) is 0 Å². The maximum atomic E-state index is 13.3. The molecule has 0 saturated heterocycles. The van der Waals surface area contributed by atoms with Crippen LogP contribution in [0.2, 0.25) is 0 Å². The third kappa shape index (κ3) is 7.68. The molecule has 0 fully saturated rings. The largest absolute Gasteiger partial charge is 0.357 e. The zero-order valence-corrected chi connectivity index (χ0v) is 17.2. The van der Waals surface area contributed by atoms with Gasteiger partial charge in [-0.15, -0.1) is 0 Å². The molecule has 0 saturated carbocycles. The van der Waals surface area contributed by atoms with E-state index >= 15 is 0 Å². The number of nitrogens with one attached hydrogen (secondary N) is 2. The van der Waals surface area contributed by atoms with Gasteiger partial charge in [0.2, 0.25) is 0 Å². The Balaban J connectivity index is 1.82. The summed E-state index contributed by atoms with van der Waals surface area (Å²) in [6.45, 7) is 5.30. The first-order chi connectivity index (χ1) is 13.4. The first kappa shape index (κ1) is 21.9. The molecule has 28 heavy (non-hydrogen) atoms. The van der Waals surface area contributed by atoms with Gasteiger partial charge in [0.25, 0.3) is 0 Å². The van der Waals surface area contributed by atoms with Gasteiger partial charge in [0, 0.05) is 13.1 Å². The van der Waals surface area contributed by atoms with Crippen molar-refractivity contribution in [1.82, 2.24) is 10.6 Å². The Hall–Kier alpha value is -2.41. The molecule has 5 nitrogen and oxygen atoms in total. The summed E-state index contributed by atoms with van der Waals surface area (Å²) in [5, 5.41) is 6.29. The molecule has 152 valence electrons. The van der Waals surface area contributed by atoms with Crippen LogP contribution >= 0.6 is 0 Å². The molecule has 0 bridgehead atoms. The number of nitrogens with zero attached hydrogens (tertiary/aromatic N) is 1. The molecule has 2 rings (SSSR count). The van der Waals surface area contributed by atoms with Gasteiger partial charge in [-0.1, -0.05) is 42.5 Å². The fourth-order valence-electron chi connectivity index (χ4n) is 2.72. The van der Waals surface area contributed by atoms with Crippen LogP contribution in [0, 0.1) is 12.7 Å². The van der Waals surface area contributed by atoms with E-state index in [1.54, 1.807) is 19.1 Å². The number of aryl methyl sites for hydroxylation is 1. The van der Waals surface area contributed by atoms with Crippen molar-refractivity contribution < 1.29 is 12.8 Å². The lowest BCUT2D eigenvalue weighted by molar-refractivity contribution is 0.591. The standard InChI is InChI=1S/C21H28FN3O2S/c1-3-23-21(25-15-19-10-11-20(22)17(2)14-19)24-12-7-13-28(26,27)16-18-8-5-4-6-9-18/h4-6,8-11,14H,3,7,12-13,15-16H2,1-2H3,(H2,23,24,25). The molecular formula is C21H28FN3O2S. The summed E-state index contributed by atoms with van der Waals surface area (Å²) >= 11 is 0. The monoisotopic (exact) mass is 405 g/mol. The summed E-state index contributed by atoms with van der Waals surface area (Å²) < 4.78 is 37.8. The summed E-state index contributed by atoms with van der Waals surface area (Å²) in [5.74, 6) is 0.566. The predicted molar refractivity (Wildman–Crippen MR) is 113 cm³/mol. The van der Waals surface area contributed by atoms with Gasteiger partial charge in [-0.05, 0) is 43.0 Å². The van der Waals surface area contributed by atoms with Crippen molar-refractivity contribution in [3.63, 3.8) is 0 Å². The molecule has 0 aliphatic carbocycles. The van der Waals surface area contributed by atoms with E-state index in [2.05, 4.69) is 15.6 Å². The van der Waals surface area contributed by atoms with Gasteiger partial charge >= 0.3 is 0 Å². The van der Waals surface area contributed by atoms with Gasteiger partial charge in [0.15, 0.2) is 15.8 Å². The first-order valence-electron chi connectivity index (χ1n) is 9.41. The quantitative estimate of drug-likeness (QED) is 0.382. The van der Waals surface area contributed by atoms with Crippen molar-refractivity contribution >= 4 is 15.8 Å². The van der Waals surface area contributed by atoms with E-state index < -0.39 is 9.84 Å². The van der Waals surface area contributed by atoms with E-state index in [1.165, 1.54) is 6.07 Å². The van der Waals surface area contributed by atoms with Crippen LogP contribution in [0.25, 0.3) is 0 Å². The summed E-state index contributed by atoms with van der Waals surface area (Å²) in [6, 6.07) is 14.1. The highest BCUT2D eigenvalue weighted by atomic mass is 32.2. The molecule has 0 aromatic heterocycles. The summed E-state index contributed by atoms with van der Waals surface area (Å²) in [7, 11) is -3.14. The van der Waals surface area contributed by atoms with Crippen LogP contribution < -0.4 is 10.6 Å². The lowest BCUT2D eigenvalue weighted by atomic mass is 10.1. The fraction of sp³-hybridized carbons (Fsp3) is 0.381. The topological polar surface area (TPSA) is 70.6 Å². The van der Waals surface area contributed by atoms with Crippen LogP contribution in [0.1, 0.15) is 30.0 Å². The van der Waals surface area contributed by atoms with Crippen molar-refractivity contribution in [3.8, 4) is 0 Å². The number of aliphatic imine (C=N–C) groups is 1. The van der Waals surface area contributed by atoms with E-state index in [0.717, 1.165) is 11.1 Å². The molecule has 0 atom stereocenters. The highest BCUT2D eigenvalue weighted by Crippen LogP contribution is 2.10. The van der Waals surface area contributed by atoms with Crippen molar-refractivity contribution in [2.24, 2.45) is 4.99 Å². The third-order valence-corrected chi connectivity index (χ3v) is 5.82. The van der Waals surface area contributed by atoms with Crippen LogP contribution in [0.4, 0.5) is 4.39 Å². The second kappa shape index (κ2) is 10.8. The van der Waals surface area contributed by atoms with Gasteiger partial charge in [-0.2, -0.15) is 0 Å². The lowest BCUT2D eigenvalue weighted by Crippen LogP contribution is -2.38. The van der Waals surface area contributed by atoms with Crippen LogP contribution in [0.3, 0.4) is 0 Å². The zero-order valence-electron chi connectivity index (χ0n) is 16.4. The Labute approximate surface area is 167 Å². The fourth-order valence-corrected chi connectivity index (χ4v) is 4.15. The Kier molecular flexibility index (Phi) is 8.44. The number of halogens is 1. The first-order valence-corrected chi connectivity index (χ1v) is 11.2. The molecule has 2 aromatic rings. The molecule has 0 aliphatic heterocycles. The average molecular weight is 406 g/mol. The van der Waals surface area contributed by atoms with Crippen LogP contribution in [-0.4, -0.2) is 33.2 Å². The van der Waals surface area contributed by atoms with Crippen LogP contribution in [0.15, 0.2) is 53.5 Å². The van der Waals surface area contributed by atoms with E-state index in [0.29, 0.717) is 37.6 Å². The van der Waals surface area contributed by atoms with Crippen LogP contribution in [-0.2, 0) is 22.1 Å². The molecular weight excluding hydrogens is 377 g/mol. The lowest BCUT2D eigenvalue weighted by Gasteiger charge is -2.12. The van der Waals surface area contributed by atoms with Gasteiger partial charge in [-0.25, -0.2) is 17.8 Å². The minimum Gasteiger partial charge on any atom is -0.357 e. The zero-order chi connectivity index (χ0) is 20.4. The Morgan fingerprint density at radius 2 is 1.82 bits per heavy atom. The highest BCUT2D eigenvalue weighted by molar-refractivity contribution is 7.90. The average Bonchev–Trinajstić information content (AvgIpc) is 2.66. The predicted octanol–water partition coefficient (Wildman–Crippen LogP) is 3.19. The molecule has 2 aromatic carbocycles. The second-order valence-corrected chi connectivity index (χ2v) is 8.82. The Morgan fingerprint density at radius 1 is 1.07 bits per heavy atom. The SMILES string of the molecule is CCNC(=NCc1ccc(F)c(C)c1)NCCCS(=O)(=O)Cc1ccccc1. The normalized spacial score (nSPS) is 12.0. The highest BCUT2D eigenvalue weighted by Gasteiger charge is 2.11. The number of hydrogen-bond acceptors (Lipinski definition) is 3. The second-order valence-electron chi connectivity index (χ2n) is 6.64. The molecule has 0 heterocycles. The van der Waals surface area contributed by atoms with E-state index in [9.17, 15) is 12.8 Å². The van der Waals surface area contributed by atoms with Crippen molar-refractivity contribution in [2.75, 3.05) is 18.8 Å². The number of sulfone groups is 1. The van der Waals surface area contributed by atoms with Gasteiger partial charge in [0.1, 0.15) is 5.82 Å². The number of benzene rings is 2. The molecule has 0 radical (unpaired) electrons. The van der Waals surface area contributed by atoms with Gasteiger partial charge < -0.3 is 10.6 Å². The maximum absolute atomic E-state index is 13.3. The van der Waals surface area contributed by atoms with Crippen molar-refractivity contribution in [1.29, 1.82) is 0 Å². The minimum atomic E-state index is -3.14. The molecule has 0 aliphatic rings. The summed E-state index contributed by atoms with van der Waals surface area (Å²) in [6.07, 6.45) is 0.495. The molecule has 0 amide bonds. The van der Waals surface area contributed by atoms with E-state index in [-0.39, 0.29) is 17.3 Å². The van der Waals surface area contributed by atoms with E-state index in [1.807, 2.05) is 37.3 Å². The molecule has 2 N–H and O–H groups in total. The minimum absolute atomic E-state index is 0.0614. The van der Waals surface area contributed by atoms with E-state index in [4.69, 9.17) is 0 Å². The van der Waals surface area contributed by atoms with Gasteiger partial charge in [0.05, 0.1) is 18.1 Å². The Bertz CT molecular complexity index is 884. The summed E-state index contributed by atoms with van der Waals surface area (Å²) in [4.78, 5) is 4.48.